The lowest BCUT2D eigenvalue weighted by Crippen LogP contribution is -2.22. The second kappa shape index (κ2) is 9.23. The number of nitrogens with zero attached hydrogens (tertiary/aromatic N) is 2. The van der Waals surface area contributed by atoms with Gasteiger partial charge in [0.2, 0.25) is 5.91 Å². The fourth-order valence-corrected chi connectivity index (χ4v) is 4.61. The molecule has 0 saturated heterocycles. The van der Waals surface area contributed by atoms with Crippen molar-refractivity contribution >= 4 is 44.9 Å². The summed E-state index contributed by atoms with van der Waals surface area (Å²) in [5.74, 6) is 0.963. The monoisotopic (exact) mass is 453 g/mol. The van der Waals surface area contributed by atoms with Gasteiger partial charge in [0, 0.05) is 11.8 Å². The van der Waals surface area contributed by atoms with Crippen molar-refractivity contribution in [2.45, 2.75) is 5.16 Å². The van der Waals surface area contributed by atoms with Gasteiger partial charge in [-0.2, -0.15) is 0 Å². The molecule has 0 unspecified atom stereocenters. The Balaban J connectivity index is 1.58. The number of aromatic nitrogens is 2. The Labute approximate surface area is 186 Å². The number of para-hydroxylation sites is 1. The van der Waals surface area contributed by atoms with E-state index in [1.54, 1.807) is 29.9 Å². The van der Waals surface area contributed by atoms with E-state index >= 15 is 0 Å². The van der Waals surface area contributed by atoms with Crippen LogP contribution in [0.2, 0.25) is 0 Å². The molecule has 0 spiro atoms. The van der Waals surface area contributed by atoms with E-state index in [9.17, 15) is 9.59 Å². The predicted molar refractivity (Wildman–Crippen MR) is 124 cm³/mol. The Morgan fingerprint density at radius 3 is 2.61 bits per heavy atom. The number of thiophene rings is 1. The second-order valence-electron chi connectivity index (χ2n) is 6.41. The average Bonchev–Trinajstić information content (AvgIpc) is 3.27. The van der Waals surface area contributed by atoms with Gasteiger partial charge in [-0.1, -0.05) is 30.0 Å². The van der Waals surface area contributed by atoms with Crippen LogP contribution in [0.15, 0.2) is 69.9 Å². The van der Waals surface area contributed by atoms with Crippen molar-refractivity contribution < 1.29 is 14.3 Å². The van der Waals surface area contributed by atoms with Gasteiger partial charge in [0.05, 0.1) is 31.2 Å². The maximum Gasteiger partial charge on any atom is 0.276 e. The molecule has 0 radical (unpaired) electrons. The first-order valence-electron chi connectivity index (χ1n) is 9.31. The first-order valence-corrected chi connectivity index (χ1v) is 11.2. The van der Waals surface area contributed by atoms with Crippen LogP contribution < -0.4 is 20.3 Å². The minimum absolute atomic E-state index is 0.0866. The molecule has 0 atom stereocenters. The molecule has 0 saturated carbocycles. The summed E-state index contributed by atoms with van der Waals surface area (Å²) in [5, 5.41) is 5.14. The Bertz CT molecular complexity index is 1290. The zero-order valence-corrected chi connectivity index (χ0v) is 18.5. The number of fused-ring (bicyclic) bond motifs is 1. The Hall–Kier alpha value is -3.30. The zero-order valence-electron chi connectivity index (χ0n) is 16.8. The molecule has 0 aliphatic rings. The number of anilines is 1. The number of nitrogens with one attached hydrogen (secondary N) is 1. The van der Waals surface area contributed by atoms with E-state index in [4.69, 9.17) is 9.47 Å². The second-order valence-corrected chi connectivity index (χ2v) is 8.27. The van der Waals surface area contributed by atoms with Crippen molar-refractivity contribution in [2.75, 3.05) is 25.3 Å². The molecule has 4 rings (SSSR count). The van der Waals surface area contributed by atoms with Crippen LogP contribution in [0.25, 0.3) is 15.9 Å². The van der Waals surface area contributed by atoms with E-state index in [2.05, 4.69) is 10.3 Å². The molecule has 1 N–H and O–H groups in total. The number of hydrogen-bond acceptors (Lipinski definition) is 7. The Morgan fingerprint density at radius 2 is 1.87 bits per heavy atom. The van der Waals surface area contributed by atoms with Crippen molar-refractivity contribution in [3.05, 3.63) is 70.3 Å². The third-order valence-corrected chi connectivity index (χ3v) is 6.29. The van der Waals surface area contributed by atoms with Crippen molar-refractivity contribution in [3.8, 4) is 17.2 Å². The predicted octanol–water partition coefficient (Wildman–Crippen LogP) is 4.20. The summed E-state index contributed by atoms with van der Waals surface area (Å²) in [4.78, 5) is 30.3. The smallest absolute Gasteiger partial charge is 0.276 e. The molecule has 4 aromatic rings. The topological polar surface area (TPSA) is 82.5 Å². The third-order valence-electron chi connectivity index (χ3n) is 4.46. The number of methoxy groups -OCH3 is 2. The summed E-state index contributed by atoms with van der Waals surface area (Å²) in [6.07, 6.45) is 0. The molecule has 31 heavy (non-hydrogen) atoms. The molecule has 2 heterocycles. The lowest BCUT2D eigenvalue weighted by Gasteiger charge is -2.13. The summed E-state index contributed by atoms with van der Waals surface area (Å²) >= 11 is 2.57. The maximum absolute atomic E-state index is 13.1. The van der Waals surface area contributed by atoms with Gasteiger partial charge in [0.25, 0.3) is 5.56 Å². The summed E-state index contributed by atoms with van der Waals surface area (Å²) in [6.45, 7) is 0. The standard InChI is InChI=1S/C22H19N3O4S2/c1-28-17-9-8-14(12-18(17)29-2)23-19(26)13-31-22-24-16-10-11-30-20(16)21(27)25(22)15-6-4-3-5-7-15/h3-12H,13H2,1-2H3,(H,23,26). The molecular weight excluding hydrogens is 434 g/mol. The molecule has 2 aromatic carbocycles. The van der Waals surface area contributed by atoms with Crippen molar-refractivity contribution in [1.29, 1.82) is 0 Å². The molecule has 0 fully saturated rings. The molecule has 2 aromatic heterocycles. The van der Waals surface area contributed by atoms with Gasteiger partial charge in [-0.25, -0.2) is 4.98 Å². The zero-order chi connectivity index (χ0) is 21.8. The van der Waals surface area contributed by atoms with Crippen LogP contribution in [-0.4, -0.2) is 35.4 Å². The third kappa shape index (κ3) is 4.42. The fourth-order valence-electron chi connectivity index (χ4n) is 3.03. The molecule has 1 amide bonds. The van der Waals surface area contributed by atoms with Crippen molar-refractivity contribution in [3.63, 3.8) is 0 Å². The molecule has 158 valence electrons. The number of thioether (sulfide) groups is 1. The quantitative estimate of drug-likeness (QED) is 0.334. The van der Waals surface area contributed by atoms with Crippen LogP contribution in [0, 0.1) is 0 Å². The number of ether oxygens (including phenoxy) is 2. The molecule has 0 bridgehead atoms. The summed E-state index contributed by atoms with van der Waals surface area (Å²) in [7, 11) is 3.09. The molecule has 0 aliphatic carbocycles. The van der Waals surface area contributed by atoms with Gasteiger partial charge in [-0.05, 0) is 35.7 Å². The van der Waals surface area contributed by atoms with Gasteiger partial charge >= 0.3 is 0 Å². The first-order chi connectivity index (χ1) is 15.1. The highest BCUT2D eigenvalue weighted by atomic mass is 32.2. The number of amides is 1. The van der Waals surface area contributed by atoms with E-state index in [-0.39, 0.29) is 17.2 Å². The van der Waals surface area contributed by atoms with Gasteiger partial charge < -0.3 is 14.8 Å². The van der Waals surface area contributed by atoms with Gasteiger partial charge in [-0.15, -0.1) is 11.3 Å². The van der Waals surface area contributed by atoms with Crippen LogP contribution in [0.4, 0.5) is 5.69 Å². The van der Waals surface area contributed by atoms with E-state index < -0.39 is 0 Å². The summed E-state index contributed by atoms with van der Waals surface area (Å²) < 4.78 is 12.6. The lowest BCUT2D eigenvalue weighted by atomic mass is 10.2. The number of hydrogen-bond donors (Lipinski definition) is 1. The highest BCUT2D eigenvalue weighted by Crippen LogP contribution is 2.30. The van der Waals surface area contributed by atoms with Crippen LogP contribution in [0.1, 0.15) is 0 Å². The minimum Gasteiger partial charge on any atom is -0.493 e. The molecule has 7 nitrogen and oxygen atoms in total. The average molecular weight is 454 g/mol. The summed E-state index contributed by atoms with van der Waals surface area (Å²) in [6, 6.07) is 16.3. The number of carbonyl (C=O) groups excluding carboxylic acids is 1. The van der Waals surface area contributed by atoms with Gasteiger partial charge in [0.1, 0.15) is 4.70 Å². The lowest BCUT2D eigenvalue weighted by molar-refractivity contribution is -0.113. The SMILES string of the molecule is COc1ccc(NC(=O)CSc2nc3ccsc3c(=O)n2-c2ccccc2)cc1OC. The van der Waals surface area contributed by atoms with E-state index in [0.29, 0.717) is 38.2 Å². The normalized spacial score (nSPS) is 10.8. The van der Waals surface area contributed by atoms with Crippen LogP contribution in [0.3, 0.4) is 0 Å². The van der Waals surface area contributed by atoms with Gasteiger partial charge in [0.15, 0.2) is 16.7 Å². The Morgan fingerprint density at radius 1 is 1.10 bits per heavy atom. The highest BCUT2D eigenvalue weighted by Gasteiger charge is 2.16. The van der Waals surface area contributed by atoms with E-state index in [1.807, 2.05) is 41.8 Å². The molecule has 9 heteroatoms. The van der Waals surface area contributed by atoms with E-state index in [0.717, 1.165) is 0 Å². The van der Waals surface area contributed by atoms with Crippen molar-refractivity contribution in [2.24, 2.45) is 0 Å². The van der Waals surface area contributed by atoms with Gasteiger partial charge in [-0.3, -0.25) is 14.2 Å². The number of rotatable bonds is 7. The number of carbonyl (C=O) groups is 1. The Kier molecular flexibility index (Phi) is 6.24. The summed E-state index contributed by atoms with van der Waals surface area (Å²) in [5.41, 5.74) is 1.78. The maximum atomic E-state index is 13.1. The number of benzene rings is 2. The molecular formula is C22H19N3O4S2. The highest BCUT2D eigenvalue weighted by molar-refractivity contribution is 7.99. The van der Waals surface area contributed by atoms with E-state index in [1.165, 1.54) is 30.2 Å². The minimum atomic E-state index is -0.225. The molecule has 0 aliphatic heterocycles. The largest absolute Gasteiger partial charge is 0.493 e. The first kappa shape index (κ1) is 21.0. The van der Waals surface area contributed by atoms with Crippen LogP contribution in [-0.2, 0) is 4.79 Å². The van der Waals surface area contributed by atoms with Crippen LogP contribution >= 0.6 is 23.1 Å². The fraction of sp³-hybridized carbons (Fsp3) is 0.136. The van der Waals surface area contributed by atoms with Crippen molar-refractivity contribution in [1.82, 2.24) is 9.55 Å². The van der Waals surface area contributed by atoms with Crippen LogP contribution in [0.5, 0.6) is 11.5 Å².